The number of ether oxygens (including phenoxy) is 2. The molecule has 0 aliphatic heterocycles. The Kier molecular flexibility index (Phi) is 11.6. The van der Waals surface area contributed by atoms with E-state index in [2.05, 4.69) is 4.74 Å². The molecular weight excluding hydrogens is 559 g/mol. The smallest absolute Gasteiger partial charge is 0.424 e. The molecule has 12 heteroatoms. The Morgan fingerprint density at radius 2 is 1.71 bits per heavy atom. The van der Waals surface area contributed by atoms with Gasteiger partial charge < -0.3 is 14.4 Å². The lowest BCUT2D eigenvalue weighted by atomic mass is 9.94. The molecule has 0 heterocycles. The molecule has 0 saturated carbocycles. The van der Waals surface area contributed by atoms with Crippen LogP contribution in [0.4, 0.5) is 35.5 Å². The van der Waals surface area contributed by atoms with Crippen molar-refractivity contribution in [1.29, 1.82) is 0 Å². The molecule has 2 aromatic carbocycles. The van der Waals surface area contributed by atoms with Crippen LogP contribution < -0.4 is 0 Å². The van der Waals surface area contributed by atoms with Crippen LogP contribution in [0.15, 0.2) is 60.2 Å². The molecule has 0 radical (unpaired) electrons. The van der Waals surface area contributed by atoms with E-state index in [-0.39, 0.29) is 42.7 Å². The maximum Gasteiger partial charge on any atom is 0.424 e. The molecule has 41 heavy (non-hydrogen) atoms. The van der Waals surface area contributed by atoms with E-state index in [1.165, 1.54) is 31.1 Å². The van der Waals surface area contributed by atoms with E-state index in [4.69, 9.17) is 11.2 Å². The van der Waals surface area contributed by atoms with Crippen molar-refractivity contribution in [3.8, 4) is 12.3 Å². The van der Waals surface area contributed by atoms with Gasteiger partial charge in [-0.25, -0.2) is 9.18 Å². The molecule has 0 fully saturated rings. The number of benzene rings is 2. The summed E-state index contributed by atoms with van der Waals surface area (Å²) >= 11 is 0. The Labute approximate surface area is 232 Å². The number of halogens is 7. The summed E-state index contributed by atoms with van der Waals surface area (Å²) in [4.78, 5) is 25.4. The van der Waals surface area contributed by atoms with Crippen LogP contribution in [0.25, 0.3) is 5.57 Å². The Hall–Kier alpha value is -4.27. The third-order valence-corrected chi connectivity index (χ3v) is 5.72. The van der Waals surface area contributed by atoms with Crippen molar-refractivity contribution in [2.24, 2.45) is 0 Å². The first-order chi connectivity index (χ1) is 19.2. The standard InChI is InChI=1S/C29H26F7NO4/c1-4-22(28(31,32)33)15-20(7-6-8-26(38)40-3)25-14-11-23(29(34,35)36)16-21(25)17-37(5-2)27(39)41-18-19-9-12-24(30)13-10-19/h1,7,9-16H,5-6,8,17-18H2,2-3H3/b20-7+,22-15+. The Bertz CT molecular complexity index is 1320. The summed E-state index contributed by atoms with van der Waals surface area (Å²) in [6.07, 6.45) is -4.14. The third kappa shape index (κ3) is 10.0. The molecule has 0 spiro atoms. The minimum Gasteiger partial charge on any atom is -0.469 e. The first kappa shape index (κ1) is 32.9. The first-order valence-corrected chi connectivity index (χ1v) is 12.1. The van der Waals surface area contributed by atoms with Gasteiger partial charge in [-0.2, -0.15) is 26.3 Å². The van der Waals surface area contributed by atoms with Gasteiger partial charge in [0.2, 0.25) is 0 Å². The van der Waals surface area contributed by atoms with Crippen molar-refractivity contribution in [3.63, 3.8) is 0 Å². The maximum absolute atomic E-state index is 13.6. The summed E-state index contributed by atoms with van der Waals surface area (Å²) in [6, 6.07) is 7.45. The lowest BCUT2D eigenvalue weighted by Crippen LogP contribution is -2.31. The zero-order valence-electron chi connectivity index (χ0n) is 22.0. The number of allylic oxidation sites excluding steroid dienone is 4. The highest BCUT2D eigenvalue weighted by Gasteiger charge is 2.34. The van der Waals surface area contributed by atoms with Gasteiger partial charge in [0, 0.05) is 19.5 Å². The largest absolute Gasteiger partial charge is 0.469 e. The fourth-order valence-electron chi connectivity index (χ4n) is 3.57. The number of carbonyl (C=O) groups is 2. The normalized spacial score (nSPS) is 12.5. The summed E-state index contributed by atoms with van der Waals surface area (Å²) in [6.45, 7) is 0.758. The molecule has 0 saturated heterocycles. The number of hydrogen-bond donors (Lipinski definition) is 0. The monoisotopic (exact) mass is 585 g/mol. The molecule has 0 bridgehead atoms. The van der Waals surface area contributed by atoms with Gasteiger partial charge in [0.15, 0.2) is 0 Å². The predicted octanol–water partition coefficient (Wildman–Crippen LogP) is 7.46. The van der Waals surface area contributed by atoms with Crippen LogP contribution in [0, 0.1) is 18.2 Å². The van der Waals surface area contributed by atoms with Crippen LogP contribution in [-0.4, -0.2) is 36.8 Å². The molecule has 0 unspecified atom stereocenters. The number of nitrogens with zero attached hydrogens (tertiary/aromatic N) is 1. The Balaban J connectivity index is 2.55. The van der Waals surface area contributed by atoms with Gasteiger partial charge in [-0.05, 0) is 65.9 Å². The van der Waals surface area contributed by atoms with Crippen LogP contribution in [0.2, 0.25) is 0 Å². The highest BCUT2D eigenvalue weighted by atomic mass is 19.4. The maximum atomic E-state index is 13.6. The number of hydrogen-bond acceptors (Lipinski definition) is 4. The summed E-state index contributed by atoms with van der Waals surface area (Å²) < 4.78 is 104. The highest BCUT2D eigenvalue weighted by molar-refractivity contribution is 5.79. The molecule has 220 valence electrons. The number of alkyl halides is 6. The number of rotatable bonds is 10. The molecule has 0 aliphatic carbocycles. The highest BCUT2D eigenvalue weighted by Crippen LogP contribution is 2.35. The fourth-order valence-corrected chi connectivity index (χ4v) is 3.57. The minimum atomic E-state index is -4.94. The van der Waals surface area contributed by atoms with Gasteiger partial charge in [0.1, 0.15) is 18.0 Å². The van der Waals surface area contributed by atoms with Crippen molar-refractivity contribution in [1.82, 2.24) is 4.90 Å². The third-order valence-electron chi connectivity index (χ3n) is 5.72. The predicted molar refractivity (Wildman–Crippen MR) is 136 cm³/mol. The molecule has 0 aliphatic rings. The fraction of sp³-hybridized carbons (Fsp3) is 0.310. The SMILES string of the molecule is C#C/C(=C\C(=C/CCC(=O)OC)c1ccc(C(F)(F)F)cc1CN(CC)C(=O)OCc1ccc(F)cc1)C(F)(F)F. The Morgan fingerprint density at radius 3 is 2.24 bits per heavy atom. The molecule has 5 nitrogen and oxygen atoms in total. The second kappa shape index (κ2) is 14.4. The van der Waals surface area contributed by atoms with Gasteiger partial charge in [-0.3, -0.25) is 4.79 Å². The molecule has 0 aromatic heterocycles. The zero-order valence-corrected chi connectivity index (χ0v) is 22.0. The average Bonchev–Trinajstić information content (AvgIpc) is 2.91. The quantitative estimate of drug-likeness (QED) is 0.126. The summed E-state index contributed by atoms with van der Waals surface area (Å²) in [7, 11) is 1.12. The van der Waals surface area contributed by atoms with Crippen molar-refractivity contribution in [2.45, 2.75) is 45.3 Å². The van der Waals surface area contributed by atoms with E-state index in [0.717, 1.165) is 36.3 Å². The van der Waals surface area contributed by atoms with Crippen molar-refractivity contribution in [2.75, 3.05) is 13.7 Å². The van der Waals surface area contributed by atoms with Gasteiger partial charge in [0.05, 0.1) is 12.7 Å². The van der Waals surface area contributed by atoms with Gasteiger partial charge in [0.25, 0.3) is 0 Å². The van der Waals surface area contributed by atoms with Gasteiger partial charge in [-0.15, -0.1) is 6.42 Å². The molecule has 0 N–H and O–H groups in total. The number of carbonyl (C=O) groups excluding carboxylic acids is 2. The number of esters is 1. The van der Waals surface area contributed by atoms with E-state index in [0.29, 0.717) is 17.7 Å². The van der Waals surface area contributed by atoms with Gasteiger partial charge >= 0.3 is 24.4 Å². The van der Waals surface area contributed by atoms with Crippen LogP contribution in [0.3, 0.4) is 0 Å². The van der Waals surface area contributed by atoms with E-state index >= 15 is 0 Å². The summed E-state index contributed by atoms with van der Waals surface area (Å²) in [5.74, 6) is 0.364. The van der Waals surface area contributed by atoms with E-state index in [9.17, 15) is 40.3 Å². The van der Waals surface area contributed by atoms with Crippen LogP contribution >= 0.6 is 0 Å². The topological polar surface area (TPSA) is 55.8 Å². The van der Waals surface area contributed by atoms with E-state index < -0.39 is 47.9 Å². The number of terminal acetylenes is 1. The minimum absolute atomic E-state index is 0.0344. The second-order valence-electron chi connectivity index (χ2n) is 8.54. The summed E-state index contributed by atoms with van der Waals surface area (Å²) in [5.41, 5.74) is -2.50. The Morgan fingerprint density at radius 1 is 1.05 bits per heavy atom. The summed E-state index contributed by atoms with van der Waals surface area (Å²) in [5, 5.41) is 0. The second-order valence-corrected chi connectivity index (χ2v) is 8.54. The van der Waals surface area contributed by atoms with Crippen LogP contribution in [0.5, 0.6) is 0 Å². The average molecular weight is 586 g/mol. The van der Waals surface area contributed by atoms with Gasteiger partial charge in [-0.1, -0.05) is 30.2 Å². The first-order valence-electron chi connectivity index (χ1n) is 12.1. The van der Waals surface area contributed by atoms with Crippen molar-refractivity contribution >= 4 is 17.6 Å². The number of methoxy groups -OCH3 is 1. The molecule has 2 rings (SSSR count). The van der Waals surface area contributed by atoms with E-state index in [1.807, 2.05) is 0 Å². The van der Waals surface area contributed by atoms with Crippen molar-refractivity contribution < 1.29 is 49.8 Å². The molecule has 2 aromatic rings. The zero-order chi connectivity index (χ0) is 30.8. The number of amides is 1. The molecule has 0 atom stereocenters. The lowest BCUT2D eigenvalue weighted by Gasteiger charge is -2.23. The lowest BCUT2D eigenvalue weighted by molar-refractivity contribution is -0.140. The molecule has 1 amide bonds. The van der Waals surface area contributed by atoms with Crippen LogP contribution in [-0.2, 0) is 33.6 Å². The van der Waals surface area contributed by atoms with E-state index in [1.54, 1.807) is 0 Å². The van der Waals surface area contributed by atoms with Crippen LogP contribution in [0.1, 0.15) is 42.0 Å². The van der Waals surface area contributed by atoms with Crippen molar-refractivity contribution in [3.05, 3.63) is 88.3 Å². The molecular formula is C29H26F7NO4.